The smallest absolute Gasteiger partial charge is 0.267 e. The number of hydrogen-bond donors (Lipinski definition) is 3. The van der Waals surface area contributed by atoms with E-state index in [1.54, 1.807) is 6.08 Å². The fourth-order valence-electron chi connectivity index (χ4n) is 7.34. The van der Waals surface area contributed by atoms with Crippen molar-refractivity contribution < 1.29 is 22.9 Å². The van der Waals surface area contributed by atoms with Crippen molar-refractivity contribution in [2.45, 2.75) is 257 Å². The van der Waals surface area contributed by atoms with Gasteiger partial charge in [-0.1, -0.05) is 229 Å². The van der Waals surface area contributed by atoms with Gasteiger partial charge in [0.15, 0.2) is 0 Å². The van der Waals surface area contributed by atoms with E-state index < -0.39 is 28.0 Å². The van der Waals surface area contributed by atoms with Gasteiger partial charge >= 0.3 is 0 Å². The van der Waals surface area contributed by atoms with E-state index in [1.807, 2.05) is 6.08 Å². The van der Waals surface area contributed by atoms with Crippen LogP contribution in [0.3, 0.4) is 0 Å². The number of hydrogen-bond acceptors (Lipinski definition) is 4. The van der Waals surface area contributed by atoms with Gasteiger partial charge in [-0.15, -0.1) is 0 Å². The minimum Gasteiger partial charge on any atom is -0.387 e. The molecule has 0 aliphatic heterocycles. The number of amides is 1. The number of carbonyl (C=O) groups excluding carboxylic acids is 1. The molecule has 0 rings (SSSR count). The molecule has 57 heavy (non-hydrogen) atoms. The highest BCUT2D eigenvalue weighted by Gasteiger charge is 2.24. The Morgan fingerprint density at radius 1 is 0.474 bits per heavy atom. The van der Waals surface area contributed by atoms with E-state index in [0.29, 0.717) is 0 Å². The van der Waals surface area contributed by atoms with Gasteiger partial charge in [0.1, 0.15) is 0 Å². The van der Waals surface area contributed by atoms with Crippen molar-refractivity contribution >= 4 is 16.0 Å². The molecule has 0 bridgehead atoms. The van der Waals surface area contributed by atoms with Crippen LogP contribution < -0.4 is 5.32 Å². The Hall–Kier alpha value is -1.70. The average molecular weight is 820 g/mol. The van der Waals surface area contributed by atoms with Crippen molar-refractivity contribution in [3.8, 4) is 0 Å². The van der Waals surface area contributed by atoms with Crippen LogP contribution in [0.4, 0.5) is 0 Å². The summed E-state index contributed by atoms with van der Waals surface area (Å²) in [4.78, 5) is 12.6. The number of unbranched alkanes of at least 4 members (excludes halogenated alkanes) is 30. The summed E-state index contributed by atoms with van der Waals surface area (Å²) < 4.78 is 32.6. The summed E-state index contributed by atoms with van der Waals surface area (Å²) in [6.45, 7) is 4.53. The molecular formula is C50H93NO5S. The summed E-state index contributed by atoms with van der Waals surface area (Å²) in [5, 5.41) is 13.3. The summed E-state index contributed by atoms with van der Waals surface area (Å²) in [6, 6.07) is -1.07. The second kappa shape index (κ2) is 43.9. The third kappa shape index (κ3) is 45.2. The predicted octanol–water partition coefficient (Wildman–Crippen LogP) is 15.0. The zero-order chi connectivity index (χ0) is 41.8. The maximum absolute atomic E-state index is 12.6. The van der Waals surface area contributed by atoms with Crippen LogP contribution in [0.5, 0.6) is 0 Å². The van der Waals surface area contributed by atoms with Crippen molar-refractivity contribution in [1.29, 1.82) is 0 Å². The van der Waals surface area contributed by atoms with E-state index >= 15 is 0 Å². The normalized spacial score (nSPS) is 13.5. The standard InChI is InChI=1S/C50H93NO5S/c1-3-5-7-9-11-13-15-17-19-21-23-25-27-29-31-33-35-37-39-41-43-45-49(52)48(47-57(54,55)56)51-50(53)46-44-42-40-38-36-34-32-30-28-26-24-22-20-18-16-14-12-10-8-6-4-2/h16,18,22,24,28,30,43,45,48-49,52H,3-15,17,19-21,23,25-27,29,31-42,44,46-47H2,1-2H3,(H,51,53)(H,54,55,56)/b18-16-,24-22-,30-28-,45-43+. The van der Waals surface area contributed by atoms with Gasteiger partial charge in [0, 0.05) is 6.42 Å². The summed E-state index contributed by atoms with van der Waals surface area (Å²) in [6.07, 6.45) is 59.6. The lowest BCUT2D eigenvalue weighted by molar-refractivity contribution is -0.122. The molecule has 2 atom stereocenters. The van der Waals surface area contributed by atoms with Crippen molar-refractivity contribution in [2.75, 3.05) is 5.75 Å². The van der Waals surface area contributed by atoms with E-state index in [4.69, 9.17) is 0 Å². The molecule has 0 aliphatic carbocycles. The largest absolute Gasteiger partial charge is 0.387 e. The van der Waals surface area contributed by atoms with Crippen LogP contribution in [0, 0.1) is 0 Å². The molecule has 1 amide bonds. The quantitative estimate of drug-likeness (QED) is 0.0323. The fourth-order valence-corrected chi connectivity index (χ4v) is 8.07. The monoisotopic (exact) mass is 820 g/mol. The highest BCUT2D eigenvalue weighted by atomic mass is 32.2. The van der Waals surface area contributed by atoms with Gasteiger partial charge in [-0.3, -0.25) is 9.35 Å². The van der Waals surface area contributed by atoms with Gasteiger partial charge in [-0.25, -0.2) is 0 Å². The molecule has 0 radical (unpaired) electrons. The Labute approximate surface area is 354 Å². The van der Waals surface area contributed by atoms with E-state index in [9.17, 15) is 22.9 Å². The Morgan fingerprint density at radius 2 is 0.789 bits per heavy atom. The van der Waals surface area contributed by atoms with E-state index in [1.165, 1.54) is 161 Å². The second-order valence-corrected chi connectivity index (χ2v) is 18.2. The van der Waals surface area contributed by atoms with Gasteiger partial charge in [0.25, 0.3) is 10.1 Å². The van der Waals surface area contributed by atoms with Gasteiger partial charge < -0.3 is 10.4 Å². The molecule has 0 aromatic rings. The Bertz CT molecular complexity index is 1080. The molecule has 0 aromatic carbocycles. The van der Waals surface area contributed by atoms with E-state index in [0.717, 1.165) is 64.2 Å². The van der Waals surface area contributed by atoms with E-state index in [2.05, 4.69) is 55.6 Å². The number of aliphatic hydroxyl groups excluding tert-OH is 1. The van der Waals surface area contributed by atoms with Gasteiger partial charge in [-0.05, 0) is 57.8 Å². The molecule has 3 N–H and O–H groups in total. The third-order valence-electron chi connectivity index (χ3n) is 11.0. The first kappa shape index (κ1) is 55.3. The number of rotatable bonds is 44. The molecule has 6 nitrogen and oxygen atoms in total. The van der Waals surface area contributed by atoms with Crippen LogP contribution in [-0.4, -0.2) is 41.9 Å². The Kier molecular flexibility index (Phi) is 42.6. The van der Waals surface area contributed by atoms with Crippen LogP contribution in [0.25, 0.3) is 0 Å². The topological polar surface area (TPSA) is 104 Å². The van der Waals surface area contributed by atoms with E-state index in [-0.39, 0.29) is 12.3 Å². The minimum absolute atomic E-state index is 0.281. The average Bonchev–Trinajstić information content (AvgIpc) is 3.18. The molecule has 2 unspecified atom stereocenters. The van der Waals surface area contributed by atoms with Crippen LogP contribution in [0.15, 0.2) is 48.6 Å². The zero-order valence-corrected chi connectivity index (χ0v) is 38.3. The molecule has 0 aromatic heterocycles. The lowest BCUT2D eigenvalue weighted by Gasteiger charge is -2.21. The van der Waals surface area contributed by atoms with Crippen molar-refractivity contribution in [3.63, 3.8) is 0 Å². The van der Waals surface area contributed by atoms with Crippen molar-refractivity contribution in [3.05, 3.63) is 48.6 Å². The molecule has 0 heterocycles. The molecule has 0 aliphatic rings. The summed E-state index contributed by atoms with van der Waals surface area (Å²) in [7, 11) is -4.35. The Morgan fingerprint density at radius 3 is 1.16 bits per heavy atom. The second-order valence-electron chi connectivity index (χ2n) is 16.7. The summed E-state index contributed by atoms with van der Waals surface area (Å²) in [5.74, 6) is -0.992. The van der Waals surface area contributed by atoms with Crippen LogP contribution in [0.1, 0.15) is 245 Å². The van der Waals surface area contributed by atoms with Gasteiger partial charge in [0.2, 0.25) is 5.91 Å². The van der Waals surface area contributed by atoms with Crippen LogP contribution >= 0.6 is 0 Å². The van der Waals surface area contributed by atoms with Crippen LogP contribution in [0.2, 0.25) is 0 Å². The van der Waals surface area contributed by atoms with Crippen LogP contribution in [-0.2, 0) is 14.9 Å². The highest BCUT2D eigenvalue weighted by Crippen LogP contribution is 2.16. The fraction of sp³-hybridized carbons (Fsp3) is 0.820. The van der Waals surface area contributed by atoms with Crippen molar-refractivity contribution in [1.82, 2.24) is 5.32 Å². The zero-order valence-electron chi connectivity index (χ0n) is 37.5. The number of carbonyl (C=O) groups is 1. The summed E-state index contributed by atoms with van der Waals surface area (Å²) in [5.41, 5.74) is 0. The lowest BCUT2D eigenvalue weighted by atomic mass is 10.0. The molecular weight excluding hydrogens is 727 g/mol. The predicted molar refractivity (Wildman–Crippen MR) is 248 cm³/mol. The first-order valence-corrected chi connectivity index (χ1v) is 25.9. The molecule has 0 fully saturated rings. The maximum atomic E-state index is 12.6. The number of nitrogens with one attached hydrogen (secondary N) is 1. The molecule has 0 spiro atoms. The highest BCUT2D eigenvalue weighted by molar-refractivity contribution is 7.85. The molecule has 334 valence electrons. The first-order chi connectivity index (χ1) is 27.8. The summed E-state index contributed by atoms with van der Waals surface area (Å²) >= 11 is 0. The first-order valence-electron chi connectivity index (χ1n) is 24.3. The maximum Gasteiger partial charge on any atom is 0.267 e. The van der Waals surface area contributed by atoms with Gasteiger partial charge in [0.05, 0.1) is 17.9 Å². The SMILES string of the molecule is CCCCCCC/C=C\C/C=C\C/C=C\CCCCCCCCC(=O)NC(CS(=O)(=O)O)C(O)/C=C/CCCCCCCCCCCCCCCCCCCCC. The molecule has 0 saturated heterocycles. The number of allylic oxidation sites excluding steroid dienone is 7. The Balaban J connectivity index is 3.87. The third-order valence-corrected chi connectivity index (χ3v) is 11.8. The number of aliphatic hydroxyl groups is 1. The minimum atomic E-state index is -4.35. The lowest BCUT2D eigenvalue weighted by Crippen LogP contribution is -2.46. The molecule has 0 saturated carbocycles. The molecule has 7 heteroatoms. The van der Waals surface area contributed by atoms with Gasteiger partial charge in [-0.2, -0.15) is 8.42 Å². The van der Waals surface area contributed by atoms with Crippen molar-refractivity contribution in [2.24, 2.45) is 0 Å².